The number of hydrogen-bond acceptors (Lipinski definition) is 12. The Kier molecular flexibility index (Phi) is 19.6. The van der Waals surface area contributed by atoms with Crippen molar-refractivity contribution in [1.29, 1.82) is 0 Å². The molecule has 6 aromatic heterocycles. The highest BCUT2D eigenvalue weighted by Crippen LogP contribution is 2.38. The minimum atomic E-state index is -0.502. The monoisotopic (exact) mass is 1100 g/mol. The van der Waals surface area contributed by atoms with Gasteiger partial charge in [-0.2, -0.15) is 0 Å². The third kappa shape index (κ3) is 14.5. The Morgan fingerprint density at radius 1 is 0.625 bits per heavy atom. The van der Waals surface area contributed by atoms with Gasteiger partial charge in [0.2, 0.25) is 0 Å². The fraction of sp³-hybridized carbons (Fsp3) is 0.270. The van der Waals surface area contributed by atoms with Crippen LogP contribution in [0.1, 0.15) is 52.0 Å². The summed E-state index contributed by atoms with van der Waals surface area (Å²) < 4.78 is 31.2. The fourth-order valence-electron chi connectivity index (χ4n) is 9.36. The number of alkyl carbamates (subject to hydrolysis) is 1. The number of carbonyl (C=O) groups excluding carboxylic acids is 1. The molecule has 7 N–H and O–H groups in total. The number of unbranched alkanes of at least 4 members (excludes halogenated alkanes) is 2. The number of aromatic amines is 1. The minimum Gasteiger partial charge on any atom is -0.497 e. The molecule has 10 aromatic rings. The van der Waals surface area contributed by atoms with E-state index in [1.165, 1.54) is 0 Å². The van der Waals surface area contributed by atoms with E-state index < -0.39 is 5.60 Å². The van der Waals surface area contributed by atoms with Gasteiger partial charge in [0.05, 0.1) is 45.0 Å². The lowest BCUT2D eigenvalue weighted by Crippen LogP contribution is -2.33. The maximum absolute atomic E-state index is 11.9. The van der Waals surface area contributed by atoms with E-state index in [0.717, 1.165) is 139 Å². The number of halogens is 1. The number of nitrogen functional groups attached to an aromatic ring is 1. The molecule has 0 bridgehead atoms. The van der Waals surface area contributed by atoms with Crippen LogP contribution in [0.4, 0.5) is 16.4 Å². The number of nitrogens with zero attached hydrogens (tertiary/aromatic N) is 5. The molecule has 0 spiro atoms. The van der Waals surface area contributed by atoms with Gasteiger partial charge in [-0.3, -0.25) is 0 Å². The number of nitrogens with one attached hydrogen (secondary N) is 3. The van der Waals surface area contributed by atoms with Crippen LogP contribution in [-0.4, -0.2) is 82.3 Å². The molecule has 416 valence electrons. The summed E-state index contributed by atoms with van der Waals surface area (Å²) in [7, 11) is 6.67. The highest BCUT2D eigenvalue weighted by atomic mass is 35.5. The van der Waals surface area contributed by atoms with E-state index in [2.05, 4.69) is 65.3 Å². The Morgan fingerprint density at radius 2 is 1.16 bits per heavy atom. The molecule has 17 heteroatoms. The number of aryl methyl sites for hydroxylation is 2. The lowest BCUT2D eigenvalue weighted by molar-refractivity contribution is 0.0526. The highest BCUT2D eigenvalue weighted by molar-refractivity contribution is 6.35. The van der Waals surface area contributed by atoms with E-state index in [1.54, 1.807) is 40.8 Å². The van der Waals surface area contributed by atoms with Crippen LogP contribution in [0.3, 0.4) is 0 Å². The molecule has 0 unspecified atom stereocenters. The number of nitrogens with two attached hydrogens (primary N) is 2. The van der Waals surface area contributed by atoms with Gasteiger partial charge in [-0.25, -0.2) is 19.7 Å². The maximum atomic E-state index is 11.9. The quantitative estimate of drug-likeness (QED) is 0.0379. The zero-order chi connectivity index (χ0) is 56.6. The minimum absolute atomic E-state index is 0.382. The number of fused-ring (bicyclic) bond motifs is 3. The van der Waals surface area contributed by atoms with Gasteiger partial charge in [-0.1, -0.05) is 60.1 Å². The standard InChI is InChI=1S/C31H38N4O4.C18H22N4O.C14H11ClN2O/c1-31(2,3)39-30(36)33-16-6-7-18-35-21-26(23-9-8-10-25(19-23)38-5)28-27(35)15-17-32-29(28)34-20-22-11-13-24(37-4)14-12-22;1-23-14-6-4-5-13(11-14)15-12-22(10-3-2-8-19)16-7-9-21-18(20)17(15)16;1-18-10-4-2-3-9(7-10)11-8-17-12-5-6-16-14(15)13(11)12/h8-15,17,19,21H,6-7,16,18,20H2,1-5H3,(H,32,34)(H,33,36);4-7,9,11-12H,2-3,8,10,19H2,1H3,(H2,20,21);2-8,17H,1H3. The number of benzene rings is 4. The molecule has 10 rings (SSSR count). The lowest BCUT2D eigenvalue weighted by atomic mass is 10.0. The first-order valence-corrected chi connectivity index (χ1v) is 27.0. The smallest absolute Gasteiger partial charge is 0.407 e. The summed E-state index contributed by atoms with van der Waals surface area (Å²) in [4.78, 5) is 28.2. The Hall–Kier alpha value is -8.73. The predicted octanol–water partition coefficient (Wildman–Crippen LogP) is 13.6. The molecule has 0 saturated heterocycles. The van der Waals surface area contributed by atoms with Crippen LogP contribution < -0.4 is 41.0 Å². The highest BCUT2D eigenvalue weighted by Gasteiger charge is 2.19. The third-order valence-electron chi connectivity index (χ3n) is 13.3. The molecule has 0 aliphatic carbocycles. The molecule has 80 heavy (non-hydrogen) atoms. The number of rotatable bonds is 19. The Morgan fingerprint density at radius 3 is 1.74 bits per heavy atom. The second-order valence-electron chi connectivity index (χ2n) is 19.9. The zero-order valence-corrected chi connectivity index (χ0v) is 47.3. The maximum Gasteiger partial charge on any atom is 0.407 e. The van der Waals surface area contributed by atoms with E-state index in [1.807, 2.05) is 130 Å². The molecule has 1 amide bonds. The normalized spacial score (nSPS) is 11.1. The van der Waals surface area contributed by atoms with Crippen LogP contribution in [0.2, 0.25) is 5.15 Å². The predicted molar refractivity (Wildman–Crippen MR) is 323 cm³/mol. The van der Waals surface area contributed by atoms with E-state index in [0.29, 0.717) is 30.6 Å². The van der Waals surface area contributed by atoms with Gasteiger partial charge in [0.15, 0.2) is 0 Å². The van der Waals surface area contributed by atoms with Crippen molar-refractivity contribution in [2.24, 2.45) is 5.73 Å². The SMILES string of the molecule is COc1ccc(CNc2nccc3c2c(-c2cccc(OC)c2)cn3CCCCNC(=O)OC(C)(C)C)cc1.COc1cccc(-c2c[nH]c3ccnc(Cl)c23)c1.COc1cccc(-c2cn(CCCCN)c3ccnc(N)c23)c1. The van der Waals surface area contributed by atoms with Crippen molar-refractivity contribution in [2.75, 3.05) is 52.6 Å². The van der Waals surface area contributed by atoms with Crippen molar-refractivity contribution >= 4 is 62.0 Å². The number of hydrogen-bond donors (Lipinski definition) is 5. The number of anilines is 2. The Labute approximate surface area is 472 Å². The molecule has 0 saturated carbocycles. The van der Waals surface area contributed by atoms with Gasteiger partial charge in [0, 0.05) is 96.2 Å². The van der Waals surface area contributed by atoms with Crippen molar-refractivity contribution in [3.8, 4) is 56.4 Å². The number of pyridine rings is 3. The molecule has 0 atom stereocenters. The molecule has 0 radical (unpaired) electrons. The molecule has 16 nitrogen and oxygen atoms in total. The molecule has 4 aromatic carbocycles. The average molecular weight is 1100 g/mol. The first kappa shape index (κ1) is 57.4. The summed E-state index contributed by atoms with van der Waals surface area (Å²) >= 11 is 6.16. The van der Waals surface area contributed by atoms with Crippen LogP contribution in [0, 0.1) is 0 Å². The second kappa shape index (κ2) is 27.2. The molecular formula is C63H71ClN10O6. The summed E-state index contributed by atoms with van der Waals surface area (Å²) in [6.07, 6.45) is 15.0. The largest absolute Gasteiger partial charge is 0.497 e. The molecule has 0 aliphatic heterocycles. The van der Waals surface area contributed by atoms with E-state index >= 15 is 0 Å². The number of amides is 1. The fourth-order valence-corrected chi connectivity index (χ4v) is 9.62. The number of ether oxygens (including phenoxy) is 5. The van der Waals surface area contributed by atoms with E-state index in [-0.39, 0.29) is 6.09 Å². The molecule has 6 heterocycles. The first-order chi connectivity index (χ1) is 38.8. The van der Waals surface area contributed by atoms with Gasteiger partial charge >= 0.3 is 6.09 Å². The van der Waals surface area contributed by atoms with Crippen molar-refractivity contribution in [2.45, 2.75) is 71.7 Å². The Bertz CT molecular complexity index is 3640. The summed E-state index contributed by atoms with van der Waals surface area (Å²) in [5.74, 6) is 4.66. The number of methoxy groups -OCH3 is 4. The van der Waals surface area contributed by atoms with Crippen LogP contribution in [0.5, 0.6) is 23.0 Å². The first-order valence-electron chi connectivity index (χ1n) is 26.6. The van der Waals surface area contributed by atoms with Gasteiger partial charge in [0.25, 0.3) is 0 Å². The number of aromatic nitrogens is 6. The second-order valence-corrected chi connectivity index (χ2v) is 20.2. The van der Waals surface area contributed by atoms with Crippen LogP contribution in [0.25, 0.3) is 66.1 Å². The zero-order valence-electron chi connectivity index (χ0n) is 46.5. The number of carbonyl (C=O) groups is 1. The van der Waals surface area contributed by atoms with Crippen molar-refractivity contribution < 1.29 is 28.5 Å². The van der Waals surface area contributed by atoms with Crippen molar-refractivity contribution in [3.05, 3.63) is 163 Å². The molecular weight excluding hydrogens is 1030 g/mol. The van der Waals surface area contributed by atoms with E-state index in [4.69, 9.17) is 51.7 Å². The summed E-state index contributed by atoms with van der Waals surface area (Å²) in [6.45, 7) is 9.21. The number of H-pyrrole nitrogens is 1. The molecule has 0 fully saturated rings. The topological polar surface area (TPSA) is 204 Å². The summed E-state index contributed by atoms with van der Waals surface area (Å²) in [6, 6.07) is 37.9. The van der Waals surface area contributed by atoms with Crippen LogP contribution >= 0.6 is 11.6 Å². The van der Waals surface area contributed by atoms with Crippen LogP contribution in [0.15, 0.2) is 152 Å². The average Bonchev–Trinajstić information content (AvgIpc) is 4.32. The third-order valence-corrected chi connectivity index (χ3v) is 13.6. The lowest BCUT2D eigenvalue weighted by Gasteiger charge is -2.19. The summed E-state index contributed by atoms with van der Waals surface area (Å²) in [5.41, 5.74) is 22.0. The molecule has 0 aliphatic rings. The van der Waals surface area contributed by atoms with Crippen molar-refractivity contribution in [1.82, 2.24) is 34.4 Å². The van der Waals surface area contributed by atoms with E-state index in [9.17, 15) is 4.79 Å². The van der Waals surface area contributed by atoms with Gasteiger partial charge in [-0.05, 0) is 142 Å². The van der Waals surface area contributed by atoms with Gasteiger partial charge in [0.1, 0.15) is 45.4 Å². The summed E-state index contributed by atoms with van der Waals surface area (Å²) in [5, 5.41) is 9.88. The van der Waals surface area contributed by atoms with Gasteiger partial charge < -0.3 is 59.9 Å². The van der Waals surface area contributed by atoms with Crippen molar-refractivity contribution in [3.63, 3.8) is 0 Å². The van der Waals surface area contributed by atoms with Gasteiger partial charge in [-0.15, -0.1) is 0 Å². The Balaban J connectivity index is 0.000000173. The van der Waals surface area contributed by atoms with Crippen LogP contribution in [-0.2, 0) is 24.4 Å².